The Bertz CT molecular complexity index is 294. The molecule has 0 aromatic heterocycles. The number of amides is 1. The molecule has 1 fully saturated rings. The Morgan fingerprint density at radius 1 is 1.67 bits per heavy atom. The molecular formula is C12H20N2O. The van der Waals surface area contributed by atoms with Crippen molar-refractivity contribution in [2.24, 2.45) is 17.3 Å². The van der Waals surface area contributed by atoms with Gasteiger partial charge in [-0.3, -0.25) is 4.79 Å². The van der Waals surface area contributed by atoms with E-state index in [0.29, 0.717) is 12.3 Å². The molecule has 1 saturated carbocycles. The molecule has 0 spiro atoms. The van der Waals surface area contributed by atoms with Crippen molar-refractivity contribution in [3.05, 3.63) is 0 Å². The van der Waals surface area contributed by atoms with Crippen molar-refractivity contribution in [3.63, 3.8) is 0 Å². The van der Waals surface area contributed by atoms with E-state index in [9.17, 15) is 4.79 Å². The van der Waals surface area contributed by atoms with Crippen LogP contribution in [0.25, 0.3) is 0 Å². The molecule has 3 heteroatoms. The van der Waals surface area contributed by atoms with Gasteiger partial charge in [0.05, 0.1) is 6.07 Å². The third-order valence-corrected chi connectivity index (χ3v) is 3.56. The van der Waals surface area contributed by atoms with Gasteiger partial charge in [0, 0.05) is 13.6 Å². The van der Waals surface area contributed by atoms with Gasteiger partial charge in [-0.1, -0.05) is 13.8 Å². The molecule has 15 heavy (non-hydrogen) atoms. The molecule has 0 bridgehead atoms. The fraction of sp³-hybridized carbons (Fsp3) is 0.833. The van der Waals surface area contributed by atoms with Gasteiger partial charge in [-0.25, -0.2) is 0 Å². The lowest BCUT2D eigenvalue weighted by Gasteiger charge is -2.26. The normalized spacial score (nSPS) is 27.7. The average molecular weight is 208 g/mol. The van der Waals surface area contributed by atoms with Crippen LogP contribution in [-0.4, -0.2) is 24.4 Å². The summed E-state index contributed by atoms with van der Waals surface area (Å²) in [5.74, 6) is 1.36. The number of carbonyl (C=O) groups excluding carboxylic acids is 1. The van der Waals surface area contributed by atoms with Gasteiger partial charge in [0.25, 0.3) is 0 Å². The number of nitriles is 1. The van der Waals surface area contributed by atoms with Crippen LogP contribution in [0.2, 0.25) is 0 Å². The number of rotatable bonds is 4. The van der Waals surface area contributed by atoms with Gasteiger partial charge in [0.2, 0.25) is 5.91 Å². The highest BCUT2D eigenvalue weighted by atomic mass is 16.2. The second-order valence-corrected chi connectivity index (χ2v) is 4.96. The second kappa shape index (κ2) is 4.22. The molecule has 0 heterocycles. The first-order valence-electron chi connectivity index (χ1n) is 5.61. The summed E-state index contributed by atoms with van der Waals surface area (Å²) in [6, 6.07) is 2.12. The largest absolute Gasteiger partial charge is 0.344 e. The zero-order valence-corrected chi connectivity index (χ0v) is 10.1. The first-order chi connectivity index (χ1) is 6.94. The van der Waals surface area contributed by atoms with Crippen LogP contribution in [0.1, 0.15) is 33.6 Å². The van der Waals surface area contributed by atoms with Crippen LogP contribution in [0.3, 0.4) is 0 Å². The van der Waals surface area contributed by atoms with Crippen molar-refractivity contribution in [1.29, 1.82) is 5.26 Å². The number of hydrogen-bond donors (Lipinski definition) is 0. The van der Waals surface area contributed by atoms with Crippen molar-refractivity contribution in [1.82, 2.24) is 4.90 Å². The molecule has 1 aliphatic carbocycles. The molecule has 0 radical (unpaired) electrons. The molecule has 0 N–H and O–H groups in total. The van der Waals surface area contributed by atoms with E-state index < -0.39 is 5.41 Å². The first kappa shape index (κ1) is 12.0. The topological polar surface area (TPSA) is 44.1 Å². The summed E-state index contributed by atoms with van der Waals surface area (Å²) in [5, 5.41) is 9.01. The minimum absolute atomic E-state index is 0.0356. The third kappa shape index (κ3) is 2.50. The number of nitrogens with zero attached hydrogens (tertiary/aromatic N) is 2. The Labute approximate surface area is 92.1 Å². The van der Waals surface area contributed by atoms with Crippen molar-refractivity contribution in [2.45, 2.75) is 33.6 Å². The predicted molar refractivity (Wildman–Crippen MR) is 58.9 cm³/mol. The van der Waals surface area contributed by atoms with E-state index in [1.165, 1.54) is 6.42 Å². The van der Waals surface area contributed by atoms with E-state index in [1.807, 2.05) is 6.92 Å². The molecule has 0 aromatic rings. The van der Waals surface area contributed by atoms with E-state index in [1.54, 1.807) is 18.9 Å². The molecule has 3 unspecified atom stereocenters. The van der Waals surface area contributed by atoms with Crippen LogP contribution in [0, 0.1) is 28.6 Å². The van der Waals surface area contributed by atoms with Crippen molar-refractivity contribution in [3.8, 4) is 6.07 Å². The maximum atomic E-state index is 12.0. The third-order valence-electron chi connectivity index (χ3n) is 3.56. The van der Waals surface area contributed by atoms with Crippen LogP contribution < -0.4 is 0 Å². The van der Waals surface area contributed by atoms with E-state index >= 15 is 0 Å². The smallest absolute Gasteiger partial charge is 0.242 e. The molecule has 1 amide bonds. The maximum Gasteiger partial charge on any atom is 0.242 e. The van der Waals surface area contributed by atoms with Crippen molar-refractivity contribution >= 4 is 5.91 Å². The highest BCUT2D eigenvalue weighted by Crippen LogP contribution is 2.38. The lowest BCUT2D eigenvalue weighted by molar-refractivity contribution is -0.137. The van der Waals surface area contributed by atoms with E-state index in [4.69, 9.17) is 5.26 Å². The Kier molecular flexibility index (Phi) is 3.38. The summed E-state index contributed by atoms with van der Waals surface area (Å²) in [6.07, 6.45) is 1.79. The van der Waals surface area contributed by atoms with E-state index in [2.05, 4.69) is 13.0 Å². The summed E-state index contributed by atoms with van der Waals surface area (Å²) >= 11 is 0. The average Bonchev–Trinajstić information content (AvgIpc) is 2.91. The molecule has 3 atom stereocenters. The van der Waals surface area contributed by atoms with Crippen LogP contribution >= 0.6 is 0 Å². The van der Waals surface area contributed by atoms with Gasteiger partial charge in [0.15, 0.2) is 0 Å². The minimum Gasteiger partial charge on any atom is -0.344 e. The molecule has 1 rings (SSSR count). The molecule has 0 aromatic carbocycles. The summed E-state index contributed by atoms with van der Waals surface area (Å²) in [6.45, 7) is 6.61. The van der Waals surface area contributed by atoms with Crippen LogP contribution in [-0.2, 0) is 4.79 Å². The zero-order chi connectivity index (χ0) is 11.6. The van der Waals surface area contributed by atoms with Gasteiger partial charge in [-0.15, -0.1) is 0 Å². The molecule has 3 nitrogen and oxygen atoms in total. The fourth-order valence-electron chi connectivity index (χ4n) is 1.79. The molecular weight excluding hydrogens is 188 g/mol. The molecule has 1 aliphatic rings. The fourth-order valence-corrected chi connectivity index (χ4v) is 1.79. The van der Waals surface area contributed by atoms with Crippen molar-refractivity contribution < 1.29 is 4.79 Å². The molecule has 84 valence electrons. The Morgan fingerprint density at radius 2 is 2.20 bits per heavy atom. The Morgan fingerprint density at radius 3 is 2.53 bits per heavy atom. The van der Waals surface area contributed by atoms with Gasteiger partial charge in [0.1, 0.15) is 5.41 Å². The summed E-state index contributed by atoms with van der Waals surface area (Å²) in [4.78, 5) is 13.7. The van der Waals surface area contributed by atoms with Crippen LogP contribution in [0.15, 0.2) is 0 Å². The number of carbonyl (C=O) groups is 1. The quantitative estimate of drug-likeness (QED) is 0.709. The van der Waals surface area contributed by atoms with Crippen LogP contribution in [0.5, 0.6) is 0 Å². The lowest BCUT2D eigenvalue weighted by Crippen LogP contribution is -2.40. The standard InChI is InChI=1S/C12H20N2O/c1-5-12(3,8-13)11(15)14(4)7-10-6-9(10)2/h9-10H,5-7H2,1-4H3. The van der Waals surface area contributed by atoms with E-state index in [-0.39, 0.29) is 5.91 Å². The summed E-state index contributed by atoms with van der Waals surface area (Å²) in [5.41, 5.74) is -0.840. The second-order valence-electron chi connectivity index (χ2n) is 4.96. The van der Waals surface area contributed by atoms with Gasteiger partial charge < -0.3 is 4.90 Å². The van der Waals surface area contributed by atoms with Gasteiger partial charge >= 0.3 is 0 Å². The van der Waals surface area contributed by atoms with Gasteiger partial charge in [-0.2, -0.15) is 5.26 Å². The monoisotopic (exact) mass is 208 g/mol. The zero-order valence-electron chi connectivity index (χ0n) is 10.1. The number of hydrogen-bond acceptors (Lipinski definition) is 2. The first-order valence-corrected chi connectivity index (χ1v) is 5.61. The predicted octanol–water partition coefficient (Wildman–Crippen LogP) is 2.04. The lowest BCUT2D eigenvalue weighted by atomic mass is 9.88. The van der Waals surface area contributed by atoms with Crippen LogP contribution in [0.4, 0.5) is 0 Å². The van der Waals surface area contributed by atoms with Crippen molar-refractivity contribution in [2.75, 3.05) is 13.6 Å². The molecule has 0 aliphatic heterocycles. The van der Waals surface area contributed by atoms with Gasteiger partial charge in [-0.05, 0) is 31.6 Å². The summed E-state index contributed by atoms with van der Waals surface area (Å²) < 4.78 is 0. The highest BCUT2D eigenvalue weighted by molar-refractivity contribution is 5.84. The Hall–Kier alpha value is -1.04. The summed E-state index contributed by atoms with van der Waals surface area (Å²) in [7, 11) is 1.80. The Balaban J connectivity index is 2.55. The molecule has 0 saturated heterocycles. The van der Waals surface area contributed by atoms with E-state index in [0.717, 1.165) is 12.5 Å². The SMILES string of the molecule is CCC(C)(C#N)C(=O)N(C)CC1CC1C. The highest BCUT2D eigenvalue weighted by Gasteiger charge is 2.38. The minimum atomic E-state index is -0.840. The maximum absolute atomic E-state index is 12.0.